The maximum atomic E-state index is 13.2. The number of halogens is 1. The first-order chi connectivity index (χ1) is 11.6. The molecule has 8 heteroatoms. The first kappa shape index (κ1) is 16.6. The molecule has 1 aromatic rings. The molecule has 3 fully saturated rings. The van der Waals surface area contributed by atoms with Crippen molar-refractivity contribution in [3.8, 4) is 11.5 Å². The van der Waals surface area contributed by atoms with Crippen LogP contribution in [0.4, 0.5) is 11.4 Å². The van der Waals surface area contributed by atoms with E-state index >= 15 is 0 Å². The molecule has 5 rings (SSSR count). The Kier molecular flexibility index (Phi) is 3.24. The summed E-state index contributed by atoms with van der Waals surface area (Å²) in [4.78, 5) is 24.1. The van der Waals surface area contributed by atoms with Crippen molar-refractivity contribution in [2.24, 2.45) is 16.2 Å². The average molecular weight is 411 g/mol. The minimum Gasteiger partial charge on any atom is -0.454 e. The van der Waals surface area contributed by atoms with E-state index in [1.807, 2.05) is 0 Å². The van der Waals surface area contributed by atoms with Crippen LogP contribution < -0.4 is 14.8 Å². The van der Waals surface area contributed by atoms with Gasteiger partial charge in [0.25, 0.3) is 5.69 Å². The van der Waals surface area contributed by atoms with Gasteiger partial charge < -0.3 is 14.8 Å². The molecule has 1 N–H and O–H groups in total. The van der Waals surface area contributed by atoms with Gasteiger partial charge in [-0.25, -0.2) is 0 Å². The minimum absolute atomic E-state index is 0.0166. The van der Waals surface area contributed by atoms with Gasteiger partial charge in [0.15, 0.2) is 11.5 Å². The van der Waals surface area contributed by atoms with Crippen LogP contribution >= 0.6 is 15.9 Å². The Morgan fingerprint density at radius 3 is 2.44 bits per heavy atom. The fourth-order valence-corrected chi connectivity index (χ4v) is 6.68. The number of nitro benzene ring substituents is 1. The molecule has 1 heterocycles. The van der Waals surface area contributed by atoms with Crippen LogP contribution in [0.2, 0.25) is 0 Å². The van der Waals surface area contributed by atoms with E-state index in [1.54, 1.807) is 0 Å². The minimum atomic E-state index is -0.577. The van der Waals surface area contributed by atoms with Crippen molar-refractivity contribution in [1.82, 2.24) is 0 Å². The highest BCUT2D eigenvalue weighted by atomic mass is 79.9. The number of anilines is 1. The molecular formula is C17H19BrN2O5. The predicted molar refractivity (Wildman–Crippen MR) is 94.1 cm³/mol. The van der Waals surface area contributed by atoms with Crippen LogP contribution in [0.1, 0.15) is 33.6 Å². The summed E-state index contributed by atoms with van der Waals surface area (Å²) in [6.07, 6.45) is 1.71. The number of benzene rings is 1. The zero-order valence-electron chi connectivity index (χ0n) is 14.2. The van der Waals surface area contributed by atoms with Gasteiger partial charge in [-0.2, -0.15) is 0 Å². The second-order valence-electron chi connectivity index (χ2n) is 7.81. The number of carbonyl (C=O) groups excluding carboxylic acids is 1. The van der Waals surface area contributed by atoms with E-state index in [2.05, 4.69) is 42.0 Å². The van der Waals surface area contributed by atoms with Crippen molar-refractivity contribution in [3.63, 3.8) is 0 Å². The summed E-state index contributed by atoms with van der Waals surface area (Å²) in [5.41, 5.74) is -0.775. The maximum Gasteiger partial charge on any atom is 0.296 e. The molecule has 3 saturated carbocycles. The number of hydrogen-bond donors (Lipinski definition) is 1. The largest absolute Gasteiger partial charge is 0.454 e. The van der Waals surface area contributed by atoms with E-state index in [9.17, 15) is 14.9 Å². The standard InChI is InChI=1S/C17H19BrN2O5/c1-15(2)16(3)4-5-17(15,13(16)18)14(21)19-9-6-11-12(25-8-24-11)7-10(9)20(22)23/h6-7,13H,4-5,8H2,1-3H3,(H,19,21). The van der Waals surface area contributed by atoms with Crippen LogP contribution in [-0.4, -0.2) is 22.5 Å². The monoisotopic (exact) mass is 410 g/mol. The van der Waals surface area contributed by atoms with E-state index in [-0.39, 0.29) is 39.7 Å². The van der Waals surface area contributed by atoms with Gasteiger partial charge in [-0.3, -0.25) is 14.9 Å². The molecular weight excluding hydrogens is 392 g/mol. The summed E-state index contributed by atoms with van der Waals surface area (Å²) < 4.78 is 10.5. The molecule has 1 aliphatic heterocycles. The highest BCUT2D eigenvalue weighted by Crippen LogP contribution is 2.80. The molecule has 2 bridgehead atoms. The summed E-state index contributed by atoms with van der Waals surface area (Å²) >= 11 is 3.71. The van der Waals surface area contributed by atoms with Crippen molar-refractivity contribution in [1.29, 1.82) is 0 Å². The molecule has 4 aliphatic rings. The van der Waals surface area contributed by atoms with E-state index in [4.69, 9.17) is 9.47 Å². The average Bonchev–Trinajstić information content (AvgIpc) is 3.17. The van der Waals surface area contributed by atoms with Crippen molar-refractivity contribution in [2.75, 3.05) is 12.1 Å². The lowest BCUT2D eigenvalue weighted by Gasteiger charge is -2.64. The number of fused-ring (bicyclic) bond motifs is 2. The summed E-state index contributed by atoms with van der Waals surface area (Å²) in [5, 5.41) is 14.2. The number of nitrogens with one attached hydrogen (secondary N) is 1. The topological polar surface area (TPSA) is 90.7 Å². The molecule has 3 atom stereocenters. The molecule has 25 heavy (non-hydrogen) atoms. The highest BCUT2D eigenvalue weighted by molar-refractivity contribution is 9.09. The summed E-state index contributed by atoms with van der Waals surface area (Å²) in [5.74, 6) is 0.535. The second kappa shape index (κ2) is 4.87. The number of ether oxygens (including phenoxy) is 2. The van der Waals surface area contributed by atoms with E-state index in [1.165, 1.54) is 12.1 Å². The van der Waals surface area contributed by atoms with Gasteiger partial charge >= 0.3 is 0 Å². The van der Waals surface area contributed by atoms with Gasteiger partial charge in [-0.15, -0.1) is 0 Å². The zero-order valence-corrected chi connectivity index (χ0v) is 15.8. The lowest BCUT2D eigenvalue weighted by Crippen LogP contribution is -2.68. The number of carbonyl (C=O) groups is 1. The molecule has 1 amide bonds. The molecule has 1 aromatic carbocycles. The zero-order chi connectivity index (χ0) is 18.2. The normalized spacial score (nSPS) is 33.7. The fraction of sp³-hybridized carbons (Fsp3) is 0.588. The lowest BCUT2D eigenvalue weighted by molar-refractivity contribution is -0.384. The summed E-state index contributed by atoms with van der Waals surface area (Å²) in [6, 6.07) is 2.77. The third-order valence-electron chi connectivity index (χ3n) is 6.91. The molecule has 3 unspecified atom stereocenters. The SMILES string of the molecule is CC12CCC(C(=O)Nc3cc4c(cc3[N+](=O)[O-])OCO4)(C1Br)C2(C)C. The quantitative estimate of drug-likeness (QED) is 0.464. The number of nitrogens with zero attached hydrogens (tertiary/aromatic N) is 1. The number of nitro groups is 1. The number of amides is 1. The first-order valence-corrected chi connectivity index (χ1v) is 9.10. The highest BCUT2D eigenvalue weighted by Gasteiger charge is 2.80. The van der Waals surface area contributed by atoms with E-state index in [0.717, 1.165) is 12.8 Å². The molecule has 7 nitrogen and oxygen atoms in total. The molecule has 3 aliphatic carbocycles. The Balaban J connectivity index is 1.70. The maximum absolute atomic E-state index is 13.2. The Hall–Kier alpha value is -1.83. The van der Waals surface area contributed by atoms with E-state index in [0.29, 0.717) is 11.5 Å². The predicted octanol–water partition coefficient (Wildman–Crippen LogP) is 3.85. The Bertz CT molecular complexity index is 810. The van der Waals surface area contributed by atoms with Crippen LogP contribution in [0.3, 0.4) is 0 Å². The summed E-state index contributed by atoms with van der Waals surface area (Å²) in [7, 11) is 0. The van der Waals surface area contributed by atoms with E-state index < -0.39 is 10.3 Å². The molecule has 0 aromatic heterocycles. The van der Waals surface area contributed by atoms with Crippen molar-refractivity contribution >= 4 is 33.2 Å². The molecule has 0 spiro atoms. The van der Waals surface area contributed by atoms with Crippen LogP contribution in [0.15, 0.2) is 12.1 Å². The Morgan fingerprint density at radius 2 is 1.92 bits per heavy atom. The van der Waals surface area contributed by atoms with Gasteiger partial charge in [-0.1, -0.05) is 36.7 Å². The Morgan fingerprint density at radius 1 is 1.28 bits per heavy atom. The number of hydrogen-bond acceptors (Lipinski definition) is 5. The van der Waals surface area contributed by atoms with Gasteiger partial charge in [0.2, 0.25) is 12.7 Å². The summed E-state index contributed by atoms with van der Waals surface area (Å²) in [6.45, 7) is 6.41. The van der Waals surface area contributed by atoms with Gasteiger partial charge in [-0.05, 0) is 23.7 Å². The van der Waals surface area contributed by atoms with Crippen molar-refractivity contribution in [3.05, 3.63) is 22.2 Å². The number of rotatable bonds is 3. The number of alkyl halides is 1. The van der Waals surface area contributed by atoms with Crippen molar-refractivity contribution < 1.29 is 19.2 Å². The van der Waals surface area contributed by atoms with Gasteiger partial charge in [0, 0.05) is 10.9 Å². The molecule has 134 valence electrons. The molecule has 0 radical (unpaired) electrons. The van der Waals surface area contributed by atoms with Crippen LogP contribution in [0.25, 0.3) is 0 Å². The van der Waals surface area contributed by atoms with Crippen LogP contribution in [-0.2, 0) is 4.79 Å². The fourth-order valence-electron chi connectivity index (χ4n) is 4.87. The third kappa shape index (κ3) is 1.78. The first-order valence-electron chi connectivity index (χ1n) is 8.19. The second-order valence-corrected chi connectivity index (χ2v) is 8.73. The van der Waals surface area contributed by atoms with Crippen LogP contribution in [0, 0.1) is 26.4 Å². The van der Waals surface area contributed by atoms with Crippen molar-refractivity contribution in [2.45, 2.75) is 38.4 Å². The smallest absolute Gasteiger partial charge is 0.296 e. The van der Waals surface area contributed by atoms with Gasteiger partial charge in [0.1, 0.15) is 5.69 Å². The third-order valence-corrected chi connectivity index (χ3v) is 8.71. The Labute approximate surface area is 153 Å². The van der Waals surface area contributed by atoms with Gasteiger partial charge in [0.05, 0.1) is 16.4 Å². The molecule has 0 saturated heterocycles. The lowest BCUT2D eigenvalue weighted by atomic mass is 9.43. The van der Waals surface area contributed by atoms with Crippen LogP contribution in [0.5, 0.6) is 11.5 Å².